The molecule has 1 aliphatic rings. The smallest absolute Gasteiger partial charge is 0.306 e. The van der Waals surface area contributed by atoms with Gasteiger partial charge in [-0.25, -0.2) is 0 Å². The predicted molar refractivity (Wildman–Crippen MR) is 88.8 cm³/mol. The lowest BCUT2D eigenvalue weighted by molar-refractivity contribution is -0.147. The molecule has 0 saturated heterocycles. The molecule has 0 bridgehead atoms. The van der Waals surface area contributed by atoms with Crippen molar-refractivity contribution in [3.63, 3.8) is 0 Å². The molecule has 6 heteroatoms. The van der Waals surface area contributed by atoms with E-state index in [9.17, 15) is 9.59 Å². The van der Waals surface area contributed by atoms with Gasteiger partial charge in [-0.3, -0.25) is 9.59 Å². The third kappa shape index (κ3) is 5.75. The van der Waals surface area contributed by atoms with Gasteiger partial charge in [-0.05, 0) is 30.5 Å². The Labute approximate surface area is 141 Å². The molecule has 5 nitrogen and oxygen atoms in total. The van der Waals surface area contributed by atoms with Gasteiger partial charge in [0, 0.05) is 12.1 Å². The quantitative estimate of drug-likeness (QED) is 0.767. The van der Waals surface area contributed by atoms with Crippen molar-refractivity contribution in [2.45, 2.75) is 38.5 Å². The van der Waals surface area contributed by atoms with Crippen molar-refractivity contribution >= 4 is 29.2 Å². The van der Waals surface area contributed by atoms with E-state index in [-0.39, 0.29) is 18.5 Å². The first kappa shape index (κ1) is 17.6. The number of carbonyl (C=O) groups is 2. The molecule has 0 aliphatic heterocycles. The van der Waals surface area contributed by atoms with Gasteiger partial charge in [-0.15, -0.1) is 0 Å². The normalized spacial score (nSPS) is 14.5. The van der Waals surface area contributed by atoms with Gasteiger partial charge in [0.1, 0.15) is 5.75 Å². The molecule has 0 atom stereocenters. The Morgan fingerprint density at radius 2 is 2.04 bits per heavy atom. The Balaban J connectivity index is 1.69. The van der Waals surface area contributed by atoms with Crippen LogP contribution in [-0.4, -0.2) is 25.6 Å². The molecule has 23 heavy (non-hydrogen) atoms. The second kappa shape index (κ2) is 8.77. The van der Waals surface area contributed by atoms with E-state index in [0.29, 0.717) is 28.8 Å². The molecule has 1 N–H and O–H groups in total. The maximum absolute atomic E-state index is 11.8. The second-order valence-corrected chi connectivity index (χ2v) is 6.15. The first-order valence-corrected chi connectivity index (χ1v) is 8.25. The lowest BCUT2D eigenvalue weighted by atomic mass is 10.0. The summed E-state index contributed by atoms with van der Waals surface area (Å²) >= 11 is 5.98. The van der Waals surface area contributed by atoms with Crippen LogP contribution >= 0.6 is 11.6 Å². The highest BCUT2D eigenvalue weighted by atomic mass is 35.5. The van der Waals surface area contributed by atoms with Gasteiger partial charge in [0.05, 0.1) is 12.1 Å². The standard InChI is InChI=1S/C17H22ClNO4/c1-22-15-8-7-13(10-14(15)18)19-16(20)11-23-17(21)9-6-12-4-2-3-5-12/h7-8,10,12H,2-6,9,11H2,1H3,(H,19,20). The summed E-state index contributed by atoms with van der Waals surface area (Å²) in [6, 6.07) is 4.91. The fraction of sp³-hybridized carbons (Fsp3) is 0.529. The number of rotatable bonds is 7. The number of hydrogen-bond acceptors (Lipinski definition) is 4. The third-order valence-corrected chi connectivity index (χ3v) is 4.33. The molecule has 1 fully saturated rings. The Morgan fingerprint density at radius 1 is 1.30 bits per heavy atom. The van der Waals surface area contributed by atoms with Crippen molar-refractivity contribution in [1.29, 1.82) is 0 Å². The van der Waals surface area contributed by atoms with Crippen LogP contribution in [0.4, 0.5) is 5.69 Å². The Bertz CT molecular complexity index is 556. The number of ether oxygens (including phenoxy) is 2. The van der Waals surface area contributed by atoms with Crippen molar-refractivity contribution in [2.24, 2.45) is 5.92 Å². The van der Waals surface area contributed by atoms with Crippen LogP contribution < -0.4 is 10.1 Å². The van der Waals surface area contributed by atoms with Crippen molar-refractivity contribution in [1.82, 2.24) is 0 Å². The van der Waals surface area contributed by atoms with Crippen LogP contribution in [0, 0.1) is 5.92 Å². The third-order valence-electron chi connectivity index (χ3n) is 4.03. The largest absolute Gasteiger partial charge is 0.495 e. The van der Waals surface area contributed by atoms with E-state index >= 15 is 0 Å². The molecule has 0 radical (unpaired) electrons. The van der Waals surface area contributed by atoms with E-state index < -0.39 is 0 Å². The van der Waals surface area contributed by atoms with E-state index in [2.05, 4.69) is 5.32 Å². The molecule has 1 amide bonds. The van der Waals surface area contributed by atoms with E-state index in [1.54, 1.807) is 18.2 Å². The molecule has 0 heterocycles. The molecule has 2 rings (SSSR count). The van der Waals surface area contributed by atoms with Gasteiger partial charge in [-0.2, -0.15) is 0 Å². The minimum atomic E-state index is -0.388. The lowest BCUT2D eigenvalue weighted by Gasteiger charge is -2.10. The maximum Gasteiger partial charge on any atom is 0.306 e. The summed E-state index contributed by atoms with van der Waals surface area (Å²) in [5.74, 6) is 0.459. The zero-order valence-corrected chi connectivity index (χ0v) is 14.0. The summed E-state index contributed by atoms with van der Waals surface area (Å²) in [5.41, 5.74) is 0.530. The van der Waals surface area contributed by atoms with Crippen LogP contribution in [0.1, 0.15) is 38.5 Å². The zero-order valence-electron chi connectivity index (χ0n) is 13.3. The number of esters is 1. The van der Waals surface area contributed by atoms with Crippen LogP contribution in [0.15, 0.2) is 18.2 Å². The maximum atomic E-state index is 11.8. The van der Waals surface area contributed by atoms with E-state index in [1.807, 2.05) is 0 Å². The zero-order chi connectivity index (χ0) is 16.7. The SMILES string of the molecule is COc1ccc(NC(=O)COC(=O)CCC2CCCC2)cc1Cl. The molecule has 1 aromatic carbocycles. The summed E-state index contributed by atoms with van der Waals surface area (Å²) < 4.78 is 10.0. The average Bonchev–Trinajstić information content (AvgIpc) is 3.04. The fourth-order valence-corrected chi connectivity index (χ4v) is 3.04. The summed E-state index contributed by atoms with van der Waals surface area (Å²) in [5, 5.41) is 3.03. The number of benzene rings is 1. The highest BCUT2D eigenvalue weighted by Gasteiger charge is 2.17. The molecule has 126 valence electrons. The number of carbonyl (C=O) groups excluding carboxylic acids is 2. The summed E-state index contributed by atoms with van der Waals surface area (Å²) in [4.78, 5) is 23.4. The van der Waals surface area contributed by atoms with E-state index in [4.69, 9.17) is 21.1 Å². The topological polar surface area (TPSA) is 64.6 Å². The van der Waals surface area contributed by atoms with E-state index in [0.717, 1.165) is 6.42 Å². The molecule has 1 aromatic rings. The molecule has 0 aromatic heterocycles. The number of hydrogen-bond donors (Lipinski definition) is 1. The lowest BCUT2D eigenvalue weighted by Crippen LogP contribution is -2.21. The van der Waals surface area contributed by atoms with Crippen LogP contribution in [0.3, 0.4) is 0 Å². The fourth-order valence-electron chi connectivity index (χ4n) is 2.78. The molecular weight excluding hydrogens is 318 g/mol. The van der Waals surface area contributed by atoms with Crippen LogP contribution in [0.25, 0.3) is 0 Å². The molecular formula is C17H22ClNO4. The Morgan fingerprint density at radius 3 is 2.70 bits per heavy atom. The number of anilines is 1. The summed E-state index contributed by atoms with van der Waals surface area (Å²) in [6.45, 7) is -0.285. The van der Waals surface area contributed by atoms with Gasteiger partial charge >= 0.3 is 5.97 Å². The van der Waals surface area contributed by atoms with Crippen LogP contribution in [0.5, 0.6) is 5.75 Å². The van der Waals surface area contributed by atoms with Crippen LogP contribution in [-0.2, 0) is 14.3 Å². The first-order valence-electron chi connectivity index (χ1n) is 7.87. The van der Waals surface area contributed by atoms with Gasteiger partial charge in [0.25, 0.3) is 5.91 Å². The highest BCUT2D eigenvalue weighted by Crippen LogP contribution is 2.29. The molecule has 0 unspecified atom stereocenters. The van der Waals surface area contributed by atoms with Crippen molar-refractivity contribution in [3.05, 3.63) is 23.2 Å². The minimum Gasteiger partial charge on any atom is -0.495 e. The van der Waals surface area contributed by atoms with Crippen molar-refractivity contribution < 1.29 is 19.1 Å². The number of nitrogens with one attached hydrogen (secondary N) is 1. The van der Waals surface area contributed by atoms with Gasteiger partial charge in [0.2, 0.25) is 0 Å². The summed E-state index contributed by atoms with van der Waals surface area (Å²) in [7, 11) is 1.52. The van der Waals surface area contributed by atoms with Crippen LogP contribution in [0.2, 0.25) is 5.02 Å². The monoisotopic (exact) mass is 339 g/mol. The average molecular weight is 340 g/mol. The number of amides is 1. The van der Waals surface area contributed by atoms with E-state index in [1.165, 1.54) is 32.8 Å². The van der Waals surface area contributed by atoms with Crippen molar-refractivity contribution in [3.8, 4) is 5.75 Å². The van der Waals surface area contributed by atoms with Gasteiger partial charge in [0.15, 0.2) is 6.61 Å². The van der Waals surface area contributed by atoms with Gasteiger partial charge < -0.3 is 14.8 Å². The van der Waals surface area contributed by atoms with Crippen molar-refractivity contribution in [2.75, 3.05) is 19.0 Å². The first-order chi connectivity index (χ1) is 11.1. The minimum absolute atomic E-state index is 0.285. The second-order valence-electron chi connectivity index (χ2n) is 5.75. The summed E-state index contributed by atoms with van der Waals surface area (Å²) in [6.07, 6.45) is 6.15. The number of halogens is 1. The van der Waals surface area contributed by atoms with Gasteiger partial charge in [-0.1, -0.05) is 37.3 Å². The molecule has 1 saturated carbocycles. The Kier molecular flexibility index (Phi) is 6.71. The predicted octanol–water partition coefficient (Wildman–Crippen LogP) is 3.80. The molecule has 0 spiro atoms. The number of methoxy groups -OCH3 is 1. The molecule has 1 aliphatic carbocycles. The highest BCUT2D eigenvalue weighted by molar-refractivity contribution is 6.32. The Hall–Kier alpha value is -1.75.